The van der Waals surface area contributed by atoms with Crippen molar-refractivity contribution in [3.8, 4) is 0 Å². The summed E-state index contributed by atoms with van der Waals surface area (Å²) in [5, 5.41) is 23.2. The Kier molecular flexibility index (Phi) is 3.71. The van der Waals surface area contributed by atoms with Crippen molar-refractivity contribution in [3.63, 3.8) is 0 Å². The van der Waals surface area contributed by atoms with Gasteiger partial charge in [-0.15, -0.1) is 0 Å². The largest absolute Gasteiger partial charge is 0.393 e. The molecule has 0 saturated carbocycles. The van der Waals surface area contributed by atoms with Crippen molar-refractivity contribution in [1.29, 1.82) is 0 Å². The van der Waals surface area contributed by atoms with Gasteiger partial charge in [0.25, 0.3) is 0 Å². The summed E-state index contributed by atoms with van der Waals surface area (Å²) in [5.41, 5.74) is -0.652. The second-order valence-corrected chi connectivity index (χ2v) is 3.99. The number of piperidine rings is 1. The highest BCUT2D eigenvalue weighted by molar-refractivity contribution is 4.94. The van der Waals surface area contributed by atoms with Crippen molar-refractivity contribution in [2.45, 2.75) is 44.8 Å². The summed E-state index contributed by atoms with van der Waals surface area (Å²) in [6.45, 7) is 5.53. The van der Waals surface area contributed by atoms with E-state index in [0.29, 0.717) is 6.42 Å². The first-order valence-electron chi connectivity index (χ1n) is 5.25. The predicted molar refractivity (Wildman–Crippen MR) is 52.5 cm³/mol. The van der Waals surface area contributed by atoms with Crippen LogP contribution in [0.15, 0.2) is 0 Å². The van der Waals surface area contributed by atoms with Crippen molar-refractivity contribution >= 4 is 0 Å². The molecular weight excluding hydrogens is 166 g/mol. The van der Waals surface area contributed by atoms with Crippen molar-refractivity contribution < 1.29 is 10.2 Å². The molecule has 1 unspecified atom stereocenters. The predicted octanol–water partition coefficient (Wildman–Crippen LogP) is 0.508. The standard InChI is InChI=1S/C10H21NO2/c1-3-9(12)8-7-11-6-5-10(8,13)4-2/h8-9,11-13H,3-7H2,1-2H3/t8-,9?,10-/m1/s1. The zero-order valence-electron chi connectivity index (χ0n) is 8.58. The molecule has 1 saturated heterocycles. The molecule has 1 aliphatic heterocycles. The van der Waals surface area contributed by atoms with Crippen molar-refractivity contribution in [1.82, 2.24) is 5.32 Å². The fraction of sp³-hybridized carbons (Fsp3) is 1.00. The number of nitrogens with one attached hydrogen (secondary N) is 1. The van der Waals surface area contributed by atoms with Crippen LogP contribution in [0.5, 0.6) is 0 Å². The fourth-order valence-electron chi connectivity index (χ4n) is 2.16. The molecule has 1 fully saturated rings. The minimum absolute atomic E-state index is 0.00347. The van der Waals surface area contributed by atoms with Crippen LogP contribution in [0.2, 0.25) is 0 Å². The molecule has 3 N–H and O–H groups in total. The molecule has 3 heteroatoms. The second kappa shape index (κ2) is 4.40. The molecule has 0 aromatic rings. The smallest absolute Gasteiger partial charge is 0.0722 e. The highest BCUT2D eigenvalue weighted by atomic mass is 16.3. The van der Waals surface area contributed by atoms with Gasteiger partial charge in [-0.2, -0.15) is 0 Å². The van der Waals surface area contributed by atoms with E-state index in [4.69, 9.17) is 0 Å². The third-order valence-corrected chi connectivity index (χ3v) is 3.28. The minimum atomic E-state index is -0.652. The maximum absolute atomic E-state index is 10.2. The lowest BCUT2D eigenvalue weighted by molar-refractivity contribution is -0.0913. The van der Waals surface area contributed by atoms with Crippen LogP contribution >= 0.6 is 0 Å². The van der Waals surface area contributed by atoms with Gasteiger partial charge in [0.05, 0.1) is 11.7 Å². The van der Waals surface area contributed by atoms with Gasteiger partial charge in [0, 0.05) is 12.5 Å². The van der Waals surface area contributed by atoms with E-state index in [0.717, 1.165) is 25.9 Å². The number of rotatable bonds is 3. The zero-order valence-corrected chi connectivity index (χ0v) is 8.58. The quantitative estimate of drug-likeness (QED) is 0.603. The van der Waals surface area contributed by atoms with E-state index in [1.54, 1.807) is 0 Å². The summed E-state index contributed by atoms with van der Waals surface area (Å²) in [7, 11) is 0. The number of hydrogen-bond donors (Lipinski definition) is 3. The normalized spacial score (nSPS) is 37.4. The van der Waals surface area contributed by atoms with Gasteiger partial charge in [-0.05, 0) is 25.8 Å². The summed E-state index contributed by atoms with van der Waals surface area (Å²) in [4.78, 5) is 0. The Morgan fingerprint density at radius 1 is 1.54 bits per heavy atom. The monoisotopic (exact) mass is 187 g/mol. The van der Waals surface area contributed by atoms with Crippen molar-refractivity contribution in [2.24, 2.45) is 5.92 Å². The van der Waals surface area contributed by atoms with Gasteiger partial charge in [0.15, 0.2) is 0 Å². The fourth-order valence-corrected chi connectivity index (χ4v) is 2.16. The van der Waals surface area contributed by atoms with Gasteiger partial charge >= 0.3 is 0 Å². The first-order valence-corrected chi connectivity index (χ1v) is 5.25. The topological polar surface area (TPSA) is 52.5 Å². The van der Waals surface area contributed by atoms with Gasteiger partial charge in [0.2, 0.25) is 0 Å². The molecule has 1 heterocycles. The van der Waals surface area contributed by atoms with Gasteiger partial charge < -0.3 is 15.5 Å². The lowest BCUT2D eigenvalue weighted by Gasteiger charge is -2.42. The molecule has 3 nitrogen and oxygen atoms in total. The van der Waals surface area contributed by atoms with Gasteiger partial charge in [-0.25, -0.2) is 0 Å². The lowest BCUT2D eigenvalue weighted by Crippen LogP contribution is -2.54. The molecule has 0 bridgehead atoms. The molecular formula is C10H21NO2. The summed E-state index contributed by atoms with van der Waals surface area (Å²) in [6, 6.07) is 0. The third-order valence-electron chi connectivity index (χ3n) is 3.28. The molecule has 0 amide bonds. The van der Waals surface area contributed by atoms with Crippen LogP contribution in [-0.4, -0.2) is 35.0 Å². The highest BCUT2D eigenvalue weighted by Gasteiger charge is 2.40. The average Bonchev–Trinajstić information content (AvgIpc) is 2.17. The van der Waals surface area contributed by atoms with Crippen LogP contribution in [0.25, 0.3) is 0 Å². The van der Waals surface area contributed by atoms with E-state index in [9.17, 15) is 10.2 Å². The van der Waals surface area contributed by atoms with Crippen LogP contribution < -0.4 is 5.32 Å². The molecule has 78 valence electrons. The SMILES string of the molecule is CCC(O)[C@H]1CNCC[C@]1(O)CC. The Bertz CT molecular complexity index is 163. The van der Waals surface area contributed by atoms with E-state index >= 15 is 0 Å². The number of aliphatic hydroxyl groups is 2. The molecule has 0 radical (unpaired) electrons. The van der Waals surface area contributed by atoms with Crippen LogP contribution in [0.4, 0.5) is 0 Å². The number of aliphatic hydroxyl groups excluding tert-OH is 1. The maximum Gasteiger partial charge on any atom is 0.0722 e. The third kappa shape index (κ3) is 2.22. The Morgan fingerprint density at radius 2 is 2.23 bits per heavy atom. The molecule has 1 aliphatic rings. The molecule has 0 aromatic carbocycles. The molecule has 0 aliphatic carbocycles. The summed E-state index contributed by atoms with van der Waals surface area (Å²) in [5.74, 6) is -0.00347. The molecule has 3 atom stereocenters. The zero-order chi connectivity index (χ0) is 9.90. The van der Waals surface area contributed by atoms with Gasteiger partial charge in [0.1, 0.15) is 0 Å². The Labute approximate surface area is 80.2 Å². The van der Waals surface area contributed by atoms with Crippen LogP contribution in [0.1, 0.15) is 33.1 Å². The van der Waals surface area contributed by atoms with E-state index in [1.165, 1.54) is 0 Å². The molecule has 1 rings (SSSR count). The minimum Gasteiger partial charge on any atom is -0.393 e. The summed E-state index contributed by atoms with van der Waals surface area (Å²) in [6.07, 6.45) is 1.83. The Morgan fingerprint density at radius 3 is 2.77 bits per heavy atom. The summed E-state index contributed by atoms with van der Waals surface area (Å²) < 4.78 is 0. The van der Waals surface area contributed by atoms with Gasteiger partial charge in [-0.1, -0.05) is 13.8 Å². The van der Waals surface area contributed by atoms with Gasteiger partial charge in [-0.3, -0.25) is 0 Å². The first-order chi connectivity index (χ1) is 6.14. The van der Waals surface area contributed by atoms with E-state index in [-0.39, 0.29) is 12.0 Å². The highest BCUT2D eigenvalue weighted by Crippen LogP contribution is 2.31. The van der Waals surface area contributed by atoms with Crippen LogP contribution in [0.3, 0.4) is 0 Å². The molecule has 0 spiro atoms. The van der Waals surface area contributed by atoms with Crippen molar-refractivity contribution in [3.05, 3.63) is 0 Å². The first kappa shape index (κ1) is 11.0. The van der Waals surface area contributed by atoms with E-state index in [2.05, 4.69) is 5.32 Å². The van der Waals surface area contributed by atoms with E-state index < -0.39 is 5.60 Å². The second-order valence-electron chi connectivity index (χ2n) is 3.99. The molecule has 0 aromatic heterocycles. The Balaban J connectivity index is 2.67. The van der Waals surface area contributed by atoms with Crippen molar-refractivity contribution in [2.75, 3.05) is 13.1 Å². The summed E-state index contributed by atoms with van der Waals surface area (Å²) >= 11 is 0. The lowest BCUT2D eigenvalue weighted by atomic mass is 9.76. The molecule has 13 heavy (non-hydrogen) atoms. The average molecular weight is 187 g/mol. The van der Waals surface area contributed by atoms with Crippen LogP contribution in [0, 0.1) is 5.92 Å². The van der Waals surface area contributed by atoms with Crippen LogP contribution in [-0.2, 0) is 0 Å². The maximum atomic E-state index is 10.2. The van der Waals surface area contributed by atoms with E-state index in [1.807, 2.05) is 13.8 Å². The Hall–Kier alpha value is -0.120. The number of hydrogen-bond acceptors (Lipinski definition) is 3.